The Bertz CT molecular complexity index is 616. The molecule has 0 bridgehead atoms. The van der Waals surface area contributed by atoms with E-state index in [0.717, 1.165) is 12.1 Å². The molecule has 5 nitrogen and oxygen atoms in total. The Morgan fingerprint density at radius 3 is 2.50 bits per heavy atom. The van der Waals surface area contributed by atoms with Gasteiger partial charge in [0.15, 0.2) is 0 Å². The smallest absolute Gasteiger partial charge is 0.256 e. The van der Waals surface area contributed by atoms with Crippen molar-refractivity contribution in [2.24, 2.45) is 11.7 Å². The topological polar surface area (TPSA) is 66.6 Å². The van der Waals surface area contributed by atoms with Crippen LogP contribution in [0.2, 0.25) is 0 Å². The highest BCUT2D eigenvalue weighted by Gasteiger charge is 2.31. The number of benzene rings is 1. The third-order valence-electron chi connectivity index (χ3n) is 4.64. The molecule has 24 heavy (non-hydrogen) atoms. The number of hydrogen-bond acceptors (Lipinski definition) is 3. The van der Waals surface area contributed by atoms with E-state index in [2.05, 4.69) is 0 Å². The van der Waals surface area contributed by atoms with Gasteiger partial charge in [-0.15, -0.1) is 0 Å². The second-order valence-electron chi connectivity index (χ2n) is 6.22. The van der Waals surface area contributed by atoms with Gasteiger partial charge in [0, 0.05) is 44.7 Å². The summed E-state index contributed by atoms with van der Waals surface area (Å²) in [5, 5.41) is 0. The van der Waals surface area contributed by atoms with Crippen molar-refractivity contribution in [2.75, 3.05) is 26.7 Å². The molecule has 1 saturated heterocycles. The zero-order valence-corrected chi connectivity index (χ0v) is 14.0. The monoisotopic (exact) mass is 339 g/mol. The van der Waals surface area contributed by atoms with Crippen LogP contribution in [0.3, 0.4) is 0 Å². The van der Waals surface area contributed by atoms with Crippen molar-refractivity contribution in [1.29, 1.82) is 0 Å². The van der Waals surface area contributed by atoms with Gasteiger partial charge in [-0.1, -0.05) is 0 Å². The zero-order chi connectivity index (χ0) is 17.9. The van der Waals surface area contributed by atoms with Crippen LogP contribution in [0.4, 0.5) is 8.78 Å². The minimum Gasteiger partial charge on any atom is -0.342 e. The maximum atomic E-state index is 13.7. The van der Waals surface area contributed by atoms with E-state index >= 15 is 0 Å². The number of carbonyl (C=O) groups excluding carboxylic acids is 2. The summed E-state index contributed by atoms with van der Waals surface area (Å²) in [6.45, 7) is 3.02. The number of rotatable bonds is 4. The third-order valence-corrected chi connectivity index (χ3v) is 4.64. The highest BCUT2D eigenvalue weighted by molar-refractivity contribution is 5.94. The van der Waals surface area contributed by atoms with E-state index in [4.69, 9.17) is 5.73 Å². The number of halogens is 2. The summed E-state index contributed by atoms with van der Waals surface area (Å²) in [6, 6.07) is 2.88. The maximum Gasteiger partial charge on any atom is 0.256 e. The van der Waals surface area contributed by atoms with Crippen LogP contribution < -0.4 is 5.73 Å². The molecule has 0 spiro atoms. The Hall–Kier alpha value is -2.02. The molecule has 0 saturated carbocycles. The standard InChI is InChI=1S/C17H23F2N3O2/c1-11(10-20)21(2)16(23)12-5-7-22(8-6-12)17(24)14-4-3-13(18)9-15(14)19/h3-4,9,11-12H,5-8,10,20H2,1-2H3. The number of nitrogens with zero attached hydrogens (tertiary/aromatic N) is 2. The lowest BCUT2D eigenvalue weighted by molar-refractivity contribution is -0.137. The van der Waals surface area contributed by atoms with Crippen LogP contribution in [0.25, 0.3) is 0 Å². The van der Waals surface area contributed by atoms with Crippen molar-refractivity contribution in [1.82, 2.24) is 9.80 Å². The lowest BCUT2D eigenvalue weighted by Crippen LogP contribution is -2.47. The highest BCUT2D eigenvalue weighted by atomic mass is 19.1. The van der Waals surface area contributed by atoms with E-state index < -0.39 is 17.5 Å². The Morgan fingerprint density at radius 2 is 1.96 bits per heavy atom. The van der Waals surface area contributed by atoms with Crippen molar-refractivity contribution in [3.8, 4) is 0 Å². The highest BCUT2D eigenvalue weighted by Crippen LogP contribution is 2.22. The molecule has 1 aliphatic heterocycles. The predicted octanol–water partition coefficient (Wildman–Crippen LogP) is 1.62. The molecule has 1 fully saturated rings. The van der Waals surface area contributed by atoms with E-state index in [1.807, 2.05) is 6.92 Å². The van der Waals surface area contributed by atoms with Crippen LogP contribution >= 0.6 is 0 Å². The second kappa shape index (κ2) is 7.70. The van der Waals surface area contributed by atoms with Crippen LogP contribution in [0.5, 0.6) is 0 Å². The summed E-state index contributed by atoms with van der Waals surface area (Å²) in [6.07, 6.45) is 1.05. The van der Waals surface area contributed by atoms with Crippen LogP contribution in [0.1, 0.15) is 30.1 Å². The summed E-state index contributed by atoms with van der Waals surface area (Å²) in [5.74, 6) is -2.19. The van der Waals surface area contributed by atoms with E-state index in [1.54, 1.807) is 11.9 Å². The molecule has 1 aromatic carbocycles. The van der Waals surface area contributed by atoms with Gasteiger partial charge in [0.2, 0.25) is 5.91 Å². The fourth-order valence-electron chi connectivity index (χ4n) is 2.83. The molecule has 0 aromatic heterocycles. The Kier molecular flexibility index (Phi) is 5.88. The first-order valence-electron chi connectivity index (χ1n) is 8.06. The average molecular weight is 339 g/mol. The van der Waals surface area contributed by atoms with Gasteiger partial charge in [0.1, 0.15) is 11.6 Å². The van der Waals surface area contributed by atoms with Crippen LogP contribution in [0, 0.1) is 17.6 Å². The van der Waals surface area contributed by atoms with E-state index in [9.17, 15) is 18.4 Å². The third kappa shape index (κ3) is 3.90. The summed E-state index contributed by atoms with van der Waals surface area (Å²) < 4.78 is 26.7. The number of amides is 2. The van der Waals surface area contributed by atoms with E-state index in [1.165, 1.54) is 4.90 Å². The fourth-order valence-corrected chi connectivity index (χ4v) is 2.83. The number of hydrogen-bond donors (Lipinski definition) is 1. The predicted molar refractivity (Wildman–Crippen MR) is 86.3 cm³/mol. The van der Waals surface area contributed by atoms with Gasteiger partial charge >= 0.3 is 0 Å². The lowest BCUT2D eigenvalue weighted by Gasteiger charge is -2.34. The van der Waals surface area contributed by atoms with Crippen molar-refractivity contribution >= 4 is 11.8 Å². The molecule has 2 amide bonds. The van der Waals surface area contributed by atoms with Crippen molar-refractivity contribution in [3.05, 3.63) is 35.4 Å². The minimum atomic E-state index is -0.866. The molecule has 0 radical (unpaired) electrons. The van der Waals surface area contributed by atoms with Gasteiger partial charge < -0.3 is 15.5 Å². The molecule has 1 aliphatic rings. The normalized spacial score (nSPS) is 16.8. The average Bonchev–Trinajstić information content (AvgIpc) is 2.59. The second-order valence-corrected chi connectivity index (χ2v) is 6.22. The quantitative estimate of drug-likeness (QED) is 0.906. The van der Waals surface area contributed by atoms with Crippen LogP contribution in [0.15, 0.2) is 18.2 Å². The number of carbonyl (C=O) groups is 2. The van der Waals surface area contributed by atoms with Crippen molar-refractivity contribution in [2.45, 2.75) is 25.8 Å². The summed E-state index contributed by atoms with van der Waals surface area (Å²) >= 11 is 0. The zero-order valence-electron chi connectivity index (χ0n) is 14.0. The van der Waals surface area contributed by atoms with Crippen molar-refractivity contribution < 1.29 is 18.4 Å². The van der Waals surface area contributed by atoms with E-state index in [0.29, 0.717) is 38.5 Å². The molecule has 1 heterocycles. The first-order chi connectivity index (χ1) is 11.3. The summed E-state index contributed by atoms with van der Waals surface area (Å²) in [7, 11) is 1.73. The molecular weight excluding hydrogens is 316 g/mol. The molecule has 1 atom stereocenters. The molecule has 1 unspecified atom stereocenters. The van der Waals surface area contributed by atoms with Gasteiger partial charge in [-0.2, -0.15) is 0 Å². The summed E-state index contributed by atoms with van der Waals surface area (Å²) in [5.41, 5.74) is 5.44. The molecule has 7 heteroatoms. The Balaban J connectivity index is 1.97. The first kappa shape index (κ1) is 18.3. The van der Waals surface area contributed by atoms with Crippen molar-refractivity contribution in [3.63, 3.8) is 0 Å². The number of likely N-dealkylation sites (tertiary alicyclic amines) is 1. The van der Waals surface area contributed by atoms with E-state index in [-0.39, 0.29) is 23.4 Å². The summed E-state index contributed by atoms with van der Waals surface area (Å²) in [4.78, 5) is 27.9. The number of likely N-dealkylation sites (N-methyl/N-ethyl adjacent to an activating group) is 1. The van der Waals surface area contributed by atoms with Crippen LogP contribution in [-0.2, 0) is 4.79 Å². The molecule has 1 aromatic rings. The largest absolute Gasteiger partial charge is 0.342 e. The fraction of sp³-hybridized carbons (Fsp3) is 0.529. The molecule has 0 aliphatic carbocycles. The molecule has 132 valence electrons. The van der Waals surface area contributed by atoms with Gasteiger partial charge in [0.05, 0.1) is 5.56 Å². The Morgan fingerprint density at radius 1 is 1.33 bits per heavy atom. The van der Waals surface area contributed by atoms with Gasteiger partial charge in [0.25, 0.3) is 5.91 Å². The lowest BCUT2D eigenvalue weighted by atomic mass is 9.94. The SMILES string of the molecule is CC(CN)N(C)C(=O)C1CCN(C(=O)c2ccc(F)cc2F)CC1. The van der Waals surface area contributed by atoms with Gasteiger partial charge in [-0.05, 0) is 31.9 Å². The van der Waals surface area contributed by atoms with Gasteiger partial charge in [-0.3, -0.25) is 9.59 Å². The molecule has 2 rings (SSSR count). The minimum absolute atomic E-state index is 0.0213. The number of nitrogens with two attached hydrogens (primary N) is 1. The van der Waals surface area contributed by atoms with Gasteiger partial charge in [-0.25, -0.2) is 8.78 Å². The maximum absolute atomic E-state index is 13.7. The molecule has 2 N–H and O–H groups in total. The Labute approximate surface area is 140 Å². The van der Waals surface area contributed by atoms with Crippen LogP contribution in [-0.4, -0.2) is 54.3 Å². The first-order valence-corrected chi connectivity index (χ1v) is 8.06. The molecular formula is C17H23F2N3O2. The number of piperidine rings is 1.